The Bertz CT molecular complexity index is 90.7. The van der Waals surface area contributed by atoms with Crippen molar-refractivity contribution in [2.24, 2.45) is 0 Å². The summed E-state index contributed by atoms with van der Waals surface area (Å²) in [5, 5.41) is 0. The molecule has 46 valence electrons. The summed E-state index contributed by atoms with van der Waals surface area (Å²) in [6.45, 7) is 2.16. The van der Waals surface area contributed by atoms with E-state index in [9.17, 15) is 0 Å². The van der Waals surface area contributed by atoms with Crippen molar-refractivity contribution in [3.05, 3.63) is 18.1 Å². The smallest absolute Gasteiger partial charge is 0.188 e. The highest BCUT2D eigenvalue weighted by molar-refractivity contribution is 4.73. The van der Waals surface area contributed by atoms with Crippen LogP contribution in [-0.2, 0) is 9.47 Å². The molecular weight excluding hydrogens is 104 g/mol. The highest BCUT2D eigenvalue weighted by Gasteiger charge is 1.68. The predicted molar refractivity (Wildman–Crippen MR) is 31.3 cm³/mol. The van der Waals surface area contributed by atoms with Crippen molar-refractivity contribution < 1.29 is 9.47 Å². The SMILES string of the molecule is CC=C=COCOC. The van der Waals surface area contributed by atoms with E-state index in [0.29, 0.717) is 6.79 Å². The summed E-state index contributed by atoms with van der Waals surface area (Å²) in [5.41, 5.74) is 2.73. The molecule has 0 saturated carbocycles. The van der Waals surface area contributed by atoms with Crippen LogP contribution in [0.5, 0.6) is 0 Å². The second-order valence-electron chi connectivity index (χ2n) is 1.15. The van der Waals surface area contributed by atoms with Crippen LogP contribution < -0.4 is 0 Å². The van der Waals surface area contributed by atoms with Crippen LogP contribution in [0.1, 0.15) is 6.92 Å². The summed E-state index contributed by atoms with van der Waals surface area (Å²) in [5.74, 6) is 0. The fourth-order valence-electron chi connectivity index (χ4n) is 0.218. The van der Waals surface area contributed by atoms with E-state index in [1.807, 2.05) is 6.92 Å². The van der Waals surface area contributed by atoms with Crippen LogP contribution in [0.25, 0.3) is 0 Å². The highest BCUT2D eigenvalue weighted by Crippen LogP contribution is 1.73. The van der Waals surface area contributed by atoms with Crippen LogP contribution in [-0.4, -0.2) is 13.9 Å². The van der Waals surface area contributed by atoms with Gasteiger partial charge in [-0.25, -0.2) is 0 Å². The van der Waals surface area contributed by atoms with Gasteiger partial charge in [0.2, 0.25) is 0 Å². The minimum absolute atomic E-state index is 0.292. The van der Waals surface area contributed by atoms with Gasteiger partial charge in [-0.1, -0.05) is 5.73 Å². The molecule has 0 aliphatic carbocycles. The van der Waals surface area contributed by atoms with Crippen LogP contribution in [0.3, 0.4) is 0 Å². The van der Waals surface area contributed by atoms with Gasteiger partial charge >= 0.3 is 0 Å². The molecule has 0 aliphatic heterocycles. The number of hydrogen-bond donors (Lipinski definition) is 0. The van der Waals surface area contributed by atoms with Crippen molar-refractivity contribution in [3.63, 3.8) is 0 Å². The maximum atomic E-state index is 4.73. The summed E-state index contributed by atoms with van der Waals surface area (Å²) < 4.78 is 9.31. The van der Waals surface area contributed by atoms with E-state index in [1.54, 1.807) is 13.2 Å². The zero-order valence-electron chi connectivity index (χ0n) is 5.18. The van der Waals surface area contributed by atoms with Crippen LogP contribution in [0.2, 0.25) is 0 Å². The Morgan fingerprint density at radius 1 is 1.62 bits per heavy atom. The molecule has 0 heterocycles. The van der Waals surface area contributed by atoms with Crippen LogP contribution >= 0.6 is 0 Å². The molecule has 0 aliphatic rings. The summed E-state index contributed by atoms with van der Waals surface area (Å²) in [6, 6.07) is 0. The maximum Gasteiger partial charge on any atom is 0.188 e. The fourth-order valence-corrected chi connectivity index (χ4v) is 0.218. The third-order valence-electron chi connectivity index (χ3n) is 0.504. The largest absolute Gasteiger partial charge is 0.467 e. The van der Waals surface area contributed by atoms with Crippen molar-refractivity contribution in [2.75, 3.05) is 13.9 Å². The Morgan fingerprint density at radius 3 is 2.88 bits per heavy atom. The molecule has 0 N–H and O–H groups in total. The van der Waals surface area contributed by atoms with E-state index in [0.717, 1.165) is 0 Å². The van der Waals surface area contributed by atoms with Crippen LogP contribution in [0.15, 0.2) is 18.1 Å². The van der Waals surface area contributed by atoms with Gasteiger partial charge in [-0.05, 0) is 13.0 Å². The van der Waals surface area contributed by atoms with Crippen LogP contribution in [0.4, 0.5) is 0 Å². The third-order valence-corrected chi connectivity index (χ3v) is 0.504. The lowest BCUT2D eigenvalue weighted by atomic mass is 10.7. The first-order chi connectivity index (χ1) is 3.91. The number of allylic oxidation sites excluding steroid dienone is 1. The van der Waals surface area contributed by atoms with Crippen molar-refractivity contribution in [3.8, 4) is 0 Å². The van der Waals surface area contributed by atoms with E-state index < -0.39 is 0 Å². The molecule has 0 spiro atoms. The van der Waals surface area contributed by atoms with Gasteiger partial charge in [-0.15, -0.1) is 0 Å². The Kier molecular flexibility index (Phi) is 5.71. The first kappa shape index (κ1) is 7.28. The quantitative estimate of drug-likeness (QED) is 0.238. The van der Waals surface area contributed by atoms with E-state index in [2.05, 4.69) is 10.5 Å². The Morgan fingerprint density at radius 2 is 2.38 bits per heavy atom. The fraction of sp³-hybridized carbons (Fsp3) is 0.500. The van der Waals surface area contributed by atoms with Gasteiger partial charge < -0.3 is 9.47 Å². The first-order valence-corrected chi connectivity index (χ1v) is 2.38. The second kappa shape index (κ2) is 6.28. The minimum Gasteiger partial charge on any atom is -0.467 e. The lowest BCUT2D eigenvalue weighted by molar-refractivity contribution is 0.0201. The molecule has 8 heavy (non-hydrogen) atoms. The third kappa shape index (κ3) is 5.28. The average Bonchev–Trinajstić information content (AvgIpc) is 1.81. The molecule has 0 rings (SSSR count). The van der Waals surface area contributed by atoms with E-state index in [4.69, 9.17) is 4.74 Å². The van der Waals surface area contributed by atoms with Crippen molar-refractivity contribution in [1.82, 2.24) is 0 Å². The number of methoxy groups -OCH3 is 1. The van der Waals surface area contributed by atoms with Crippen molar-refractivity contribution in [2.45, 2.75) is 6.92 Å². The van der Waals surface area contributed by atoms with Gasteiger partial charge in [0.15, 0.2) is 6.79 Å². The second-order valence-corrected chi connectivity index (χ2v) is 1.15. The molecular formula is C6H10O2. The number of ether oxygens (including phenoxy) is 2. The van der Waals surface area contributed by atoms with Gasteiger partial charge in [0, 0.05) is 7.11 Å². The molecule has 0 atom stereocenters. The molecule has 2 heteroatoms. The molecule has 0 aromatic rings. The van der Waals surface area contributed by atoms with E-state index in [1.165, 1.54) is 6.26 Å². The van der Waals surface area contributed by atoms with E-state index >= 15 is 0 Å². The van der Waals surface area contributed by atoms with E-state index in [-0.39, 0.29) is 0 Å². The molecule has 0 bridgehead atoms. The molecule has 0 unspecified atom stereocenters. The number of rotatable bonds is 3. The normalized spacial score (nSPS) is 7.25. The van der Waals surface area contributed by atoms with Crippen molar-refractivity contribution in [1.29, 1.82) is 0 Å². The lowest BCUT2D eigenvalue weighted by Gasteiger charge is -1.92. The summed E-state index contributed by atoms with van der Waals surface area (Å²) in [4.78, 5) is 0. The molecule has 0 fully saturated rings. The zero-order chi connectivity index (χ0) is 6.24. The van der Waals surface area contributed by atoms with Gasteiger partial charge in [0.05, 0.1) is 0 Å². The van der Waals surface area contributed by atoms with Gasteiger partial charge in [-0.3, -0.25) is 0 Å². The average molecular weight is 114 g/mol. The molecule has 0 aromatic carbocycles. The molecule has 0 saturated heterocycles. The first-order valence-electron chi connectivity index (χ1n) is 2.38. The Hall–Kier alpha value is -0.720. The highest BCUT2D eigenvalue weighted by atomic mass is 16.7. The Labute approximate surface area is 49.4 Å². The summed E-state index contributed by atoms with van der Waals surface area (Å²) >= 11 is 0. The topological polar surface area (TPSA) is 18.5 Å². The molecule has 0 radical (unpaired) electrons. The van der Waals surface area contributed by atoms with Crippen LogP contribution in [0, 0.1) is 0 Å². The minimum atomic E-state index is 0.292. The van der Waals surface area contributed by atoms with Crippen molar-refractivity contribution >= 4 is 0 Å². The lowest BCUT2D eigenvalue weighted by Crippen LogP contribution is -1.86. The standard InChI is InChI=1S/C6H10O2/c1-3-4-5-8-6-7-2/h3,5H,6H2,1-2H3. The molecule has 0 amide bonds. The summed E-state index contributed by atoms with van der Waals surface area (Å²) in [7, 11) is 1.57. The predicted octanol–water partition coefficient (Wildman–Crippen LogP) is 1.30. The zero-order valence-corrected chi connectivity index (χ0v) is 5.18. The Balaban J connectivity index is 3.04. The van der Waals surface area contributed by atoms with Gasteiger partial charge in [-0.2, -0.15) is 0 Å². The summed E-state index contributed by atoms with van der Waals surface area (Å²) in [6.07, 6.45) is 3.22. The van der Waals surface area contributed by atoms with Gasteiger partial charge in [0.25, 0.3) is 0 Å². The monoisotopic (exact) mass is 114 g/mol. The van der Waals surface area contributed by atoms with Gasteiger partial charge in [0.1, 0.15) is 6.26 Å². The number of hydrogen-bond acceptors (Lipinski definition) is 2. The molecule has 0 aromatic heterocycles. The molecule has 2 nitrogen and oxygen atoms in total. The maximum absolute atomic E-state index is 4.73.